The van der Waals surface area contributed by atoms with Crippen LogP contribution in [0.25, 0.3) is 0 Å². The summed E-state index contributed by atoms with van der Waals surface area (Å²) in [5.74, 6) is 0.847. The summed E-state index contributed by atoms with van der Waals surface area (Å²) in [6.07, 6.45) is 3.67. The molecule has 1 aliphatic rings. The van der Waals surface area contributed by atoms with Gasteiger partial charge in [0.05, 0.1) is 4.34 Å². The van der Waals surface area contributed by atoms with Crippen molar-refractivity contribution in [3.05, 3.63) is 21.3 Å². The van der Waals surface area contributed by atoms with E-state index in [2.05, 4.69) is 6.07 Å². The molecule has 1 saturated carbocycles. The lowest BCUT2D eigenvalue weighted by Crippen LogP contribution is -2.12. The van der Waals surface area contributed by atoms with Gasteiger partial charge in [0.1, 0.15) is 5.78 Å². The maximum atomic E-state index is 11.2. The number of thiophene rings is 1. The van der Waals surface area contributed by atoms with Crippen LogP contribution in [0, 0.1) is 0 Å². The van der Waals surface area contributed by atoms with E-state index < -0.39 is 0 Å². The molecule has 1 aromatic heterocycles. The molecule has 0 saturated heterocycles. The first-order chi connectivity index (χ1) is 6.25. The predicted molar refractivity (Wildman–Crippen MR) is 55.5 cm³/mol. The second kappa shape index (κ2) is 3.81. The number of hydrogen-bond donors (Lipinski definition) is 0. The summed E-state index contributed by atoms with van der Waals surface area (Å²) in [6.45, 7) is 0. The molecule has 1 aromatic rings. The van der Waals surface area contributed by atoms with Gasteiger partial charge >= 0.3 is 0 Å². The van der Waals surface area contributed by atoms with Crippen molar-refractivity contribution in [3.63, 3.8) is 0 Å². The highest BCUT2D eigenvalue weighted by Crippen LogP contribution is 2.36. The van der Waals surface area contributed by atoms with Gasteiger partial charge in [0.25, 0.3) is 0 Å². The second-order valence-electron chi connectivity index (χ2n) is 3.47. The molecule has 2 rings (SSSR count). The maximum Gasteiger partial charge on any atom is 0.133 e. The number of Topliss-reactive ketones (excluding diaryl/α,β-unsaturated/α-hetero) is 1. The van der Waals surface area contributed by atoms with Crippen molar-refractivity contribution < 1.29 is 4.79 Å². The normalized spacial score (nSPS) is 23.5. The molecule has 1 nitrogen and oxygen atoms in total. The number of halogens is 1. The Hall–Kier alpha value is -0.340. The standard InChI is InChI=1S/C10H11ClOS/c11-10-5-4-9(13-10)7-2-1-3-8(12)6-7/h4-5,7H,1-3,6H2/t7-/m0/s1. The molecule has 0 radical (unpaired) electrons. The van der Waals surface area contributed by atoms with E-state index in [-0.39, 0.29) is 0 Å². The minimum absolute atomic E-state index is 0.403. The summed E-state index contributed by atoms with van der Waals surface area (Å²) in [6, 6.07) is 3.97. The third kappa shape index (κ3) is 2.12. The number of ketones is 1. The summed E-state index contributed by atoms with van der Waals surface area (Å²) >= 11 is 7.46. The van der Waals surface area contributed by atoms with Crippen LogP contribution in [-0.2, 0) is 4.79 Å². The summed E-state index contributed by atoms with van der Waals surface area (Å²) < 4.78 is 0.827. The van der Waals surface area contributed by atoms with Crippen LogP contribution in [0.15, 0.2) is 12.1 Å². The lowest BCUT2D eigenvalue weighted by Gasteiger charge is -2.18. The molecule has 13 heavy (non-hydrogen) atoms. The Morgan fingerprint density at radius 2 is 2.31 bits per heavy atom. The van der Waals surface area contributed by atoms with Crippen LogP contribution >= 0.6 is 22.9 Å². The molecule has 0 aliphatic heterocycles. The van der Waals surface area contributed by atoms with Crippen molar-refractivity contribution in [1.29, 1.82) is 0 Å². The Balaban J connectivity index is 2.12. The summed E-state index contributed by atoms with van der Waals surface area (Å²) in [5.41, 5.74) is 0. The van der Waals surface area contributed by atoms with Gasteiger partial charge in [-0.2, -0.15) is 0 Å². The second-order valence-corrected chi connectivity index (χ2v) is 5.22. The zero-order valence-corrected chi connectivity index (χ0v) is 8.83. The van der Waals surface area contributed by atoms with Crippen LogP contribution in [-0.4, -0.2) is 5.78 Å². The fraction of sp³-hybridized carbons (Fsp3) is 0.500. The summed E-state index contributed by atoms with van der Waals surface area (Å²) in [5, 5.41) is 0. The average Bonchev–Trinajstić information content (AvgIpc) is 2.52. The quantitative estimate of drug-likeness (QED) is 0.698. The first kappa shape index (κ1) is 9.22. The van der Waals surface area contributed by atoms with Crippen LogP contribution in [0.4, 0.5) is 0 Å². The van der Waals surface area contributed by atoms with Crippen molar-refractivity contribution in [3.8, 4) is 0 Å². The minimum Gasteiger partial charge on any atom is -0.300 e. The lowest BCUT2D eigenvalue weighted by molar-refractivity contribution is -0.120. The average molecular weight is 215 g/mol. The maximum absolute atomic E-state index is 11.2. The largest absolute Gasteiger partial charge is 0.300 e. The zero-order valence-electron chi connectivity index (χ0n) is 7.25. The van der Waals surface area contributed by atoms with Gasteiger partial charge in [-0.25, -0.2) is 0 Å². The first-order valence-electron chi connectivity index (χ1n) is 4.52. The SMILES string of the molecule is O=C1CCC[C@H](c2ccc(Cl)s2)C1. The number of hydrogen-bond acceptors (Lipinski definition) is 2. The molecule has 1 aliphatic carbocycles. The van der Waals surface area contributed by atoms with Gasteiger partial charge in [-0.3, -0.25) is 4.79 Å². The molecule has 0 spiro atoms. The van der Waals surface area contributed by atoms with Crippen molar-refractivity contribution in [2.24, 2.45) is 0 Å². The number of carbonyl (C=O) groups is 1. The minimum atomic E-state index is 0.403. The summed E-state index contributed by atoms with van der Waals surface area (Å²) in [7, 11) is 0. The lowest BCUT2D eigenvalue weighted by atomic mass is 9.87. The van der Waals surface area contributed by atoms with E-state index in [1.54, 1.807) is 11.3 Å². The van der Waals surface area contributed by atoms with Gasteiger partial charge in [0, 0.05) is 23.6 Å². The molecule has 0 unspecified atom stereocenters. The molecule has 0 aromatic carbocycles. The van der Waals surface area contributed by atoms with Crippen molar-refractivity contribution in [1.82, 2.24) is 0 Å². The van der Waals surface area contributed by atoms with E-state index >= 15 is 0 Å². The number of rotatable bonds is 1. The molecular formula is C10H11ClOS. The predicted octanol–water partition coefficient (Wildman–Crippen LogP) is 3.63. The molecule has 0 amide bonds. The Morgan fingerprint density at radius 3 is 2.92 bits per heavy atom. The third-order valence-corrected chi connectivity index (χ3v) is 3.87. The Labute approximate surface area is 86.7 Å². The van der Waals surface area contributed by atoms with Gasteiger partial charge in [-0.05, 0) is 25.0 Å². The first-order valence-corrected chi connectivity index (χ1v) is 5.72. The molecule has 1 fully saturated rings. The molecule has 1 atom stereocenters. The van der Waals surface area contributed by atoms with Gasteiger partial charge in [0.15, 0.2) is 0 Å². The van der Waals surface area contributed by atoms with E-state index in [4.69, 9.17) is 11.6 Å². The van der Waals surface area contributed by atoms with E-state index in [9.17, 15) is 4.79 Å². The highest BCUT2D eigenvalue weighted by atomic mass is 35.5. The Morgan fingerprint density at radius 1 is 1.46 bits per heavy atom. The Kier molecular flexibility index (Phi) is 2.70. The van der Waals surface area contributed by atoms with Crippen LogP contribution in [0.5, 0.6) is 0 Å². The van der Waals surface area contributed by atoms with Crippen LogP contribution < -0.4 is 0 Å². The number of carbonyl (C=O) groups excluding carboxylic acids is 1. The monoisotopic (exact) mass is 214 g/mol. The van der Waals surface area contributed by atoms with Crippen molar-refractivity contribution in [2.75, 3.05) is 0 Å². The van der Waals surface area contributed by atoms with Gasteiger partial charge in [-0.15, -0.1) is 11.3 Å². The van der Waals surface area contributed by atoms with Crippen LogP contribution in [0.2, 0.25) is 4.34 Å². The third-order valence-electron chi connectivity index (χ3n) is 2.48. The molecule has 70 valence electrons. The van der Waals surface area contributed by atoms with Crippen molar-refractivity contribution >= 4 is 28.7 Å². The van der Waals surface area contributed by atoms with E-state index in [0.717, 1.165) is 30.0 Å². The molecule has 3 heteroatoms. The van der Waals surface area contributed by atoms with Crippen molar-refractivity contribution in [2.45, 2.75) is 31.6 Å². The fourth-order valence-electron chi connectivity index (χ4n) is 1.82. The topological polar surface area (TPSA) is 17.1 Å². The molecule has 1 heterocycles. The molecule has 0 bridgehead atoms. The smallest absolute Gasteiger partial charge is 0.133 e. The van der Waals surface area contributed by atoms with Gasteiger partial charge < -0.3 is 0 Å². The molecular weight excluding hydrogens is 204 g/mol. The highest BCUT2D eigenvalue weighted by molar-refractivity contribution is 7.16. The van der Waals surface area contributed by atoms with E-state index in [1.165, 1.54) is 4.88 Å². The highest BCUT2D eigenvalue weighted by Gasteiger charge is 2.21. The van der Waals surface area contributed by atoms with Gasteiger partial charge in [0.2, 0.25) is 0 Å². The van der Waals surface area contributed by atoms with Crippen LogP contribution in [0.3, 0.4) is 0 Å². The fourth-order valence-corrected chi connectivity index (χ4v) is 3.01. The van der Waals surface area contributed by atoms with E-state index in [1.807, 2.05) is 6.07 Å². The zero-order chi connectivity index (χ0) is 9.26. The molecule has 0 N–H and O–H groups in total. The van der Waals surface area contributed by atoms with Crippen LogP contribution in [0.1, 0.15) is 36.5 Å². The van der Waals surface area contributed by atoms with E-state index in [0.29, 0.717) is 11.7 Å². The summed E-state index contributed by atoms with van der Waals surface area (Å²) in [4.78, 5) is 12.5. The van der Waals surface area contributed by atoms with Gasteiger partial charge in [-0.1, -0.05) is 11.6 Å². The Bertz CT molecular complexity index is 318.